The first kappa shape index (κ1) is 16.2. The van der Waals surface area contributed by atoms with Crippen molar-refractivity contribution in [1.29, 1.82) is 0 Å². The van der Waals surface area contributed by atoms with Crippen LogP contribution < -0.4 is 10.0 Å². The fourth-order valence-electron chi connectivity index (χ4n) is 2.68. The summed E-state index contributed by atoms with van der Waals surface area (Å²) in [6.45, 7) is 2.79. The highest BCUT2D eigenvalue weighted by Crippen LogP contribution is 2.23. The predicted molar refractivity (Wildman–Crippen MR) is 84.8 cm³/mol. The summed E-state index contributed by atoms with van der Waals surface area (Å²) in [7, 11) is -3.51. The Morgan fingerprint density at radius 3 is 2.62 bits per heavy atom. The number of hydrogen-bond donors (Lipinski definition) is 2. The smallest absolute Gasteiger partial charge is 0.244 e. The molecule has 1 aromatic heterocycles. The maximum atomic E-state index is 12.6. The molecule has 0 aromatic carbocycles. The number of pyridine rings is 1. The molecule has 118 valence electrons. The van der Waals surface area contributed by atoms with E-state index in [1.165, 1.54) is 19.0 Å². The van der Waals surface area contributed by atoms with Crippen LogP contribution in [-0.4, -0.2) is 26.0 Å². The van der Waals surface area contributed by atoms with Crippen molar-refractivity contribution in [3.8, 4) is 0 Å². The van der Waals surface area contributed by atoms with Crippen molar-refractivity contribution in [3.63, 3.8) is 0 Å². The molecule has 0 saturated heterocycles. The summed E-state index contributed by atoms with van der Waals surface area (Å²) in [5, 5.41) is 3.16. The van der Waals surface area contributed by atoms with Gasteiger partial charge in [-0.15, -0.1) is 0 Å². The summed E-state index contributed by atoms with van der Waals surface area (Å²) >= 11 is 0. The lowest BCUT2D eigenvalue weighted by Gasteiger charge is -2.18. The Labute approximate surface area is 127 Å². The Morgan fingerprint density at radius 1 is 1.24 bits per heavy atom. The molecule has 0 amide bonds. The minimum atomic E-state index is -3.51. The number of rotatable bonds is 6. The van der Waals surface area contributed by atoms with Gasteiger partial charge in [-0.3, -0.25) is 4.98 Å². The van der Waals surface area contributed by atoms with E-state index in [9.17, 15) is 8.42 Å². The van der Waals surface area contributed by atoms with Gasteiger partial charge >= 0.3 is 0 Å². The van der Waals surface area contributed by atoms with Crippen LogP contribution in [0.3, 0.4) is 0 Å². The molecular formula is C15H25N3O2S. The van der Waals surface area contributed by atoms with Crippen LogP contribution in [0.2, 0.25) is 0 Å². The first-order valence-corrected chi connectivity index (χ1v) is 9.32. The molecule has 6 heteroatoms. The van der Waals surface area contributed by atoms with Gasteiger partial charge in [0.15, 0.2) is 0 Å². The summed E-state index contributed by atoms with van der Waals surface area (Å²) in [6.07, 6.45) is 10.4. The summed E-state index contributed by atoms with van der Waals surface area (Å²) in [6, 6.07) is 1.77. The molecule has 1 aliphatic rings. The minimum Gasteiger partial charge on any atom is -0.384 e. The molecule has 21 heavy (non-hydrogen) atoms. The van der Waals surface area contributed by atoms with Crippen LogP contribution in [0.15, 0.2) is 23.4 Å². The van der Waals surface area contributed by atoms with Crippen molar-refractivity contribution < 1.29 is 8.42 Å². The average Bonchev–Trinajstić information content (AvgIpc) is 2.73. The van der Waals surface area contributed by atoms with Crippen molar-refractivity contribution >= 4 is 15.7 Å². The molecule has 1 fully saturated rings. The molecule has 0 radical (unpaired) electrons. The second kappa shape index (κ2) is 7.75. The number of anilines is 1. The normalized spacial score (nSPS) is 17.4. The fraction of sp³-hybridized carbons (Fsp3) is 0.667. The molecule has 2 rings (SSSR count). The first-order valence-electron chi connectivity index (χ1n) is 7.83. The number of aromatic nitrogens is 1. The van der Waals surface area contributed by atoms with Crippen LogP contribution in [0.1, 0.15) is 51.9 Å². The second-order valence-corrected chi connectivity index (χ2v) is 7.29. The standard InChI is InChI=1S/C15H25N3O2S/c1-2-10-17-14-9-11-16-12-15(14)21(19,20)18-13-7-5-3-4-6-8-13/h9,11-13,18H,2-8,10H2,1H3,(H,16,17). The van der Waals surface area contributed by atoms with Crippen LogP contribution in [0, 0.1) is 0 Å². The summed E-state index contributed by atoms with van der Waals surface area (Å²) in [5.74, 6) is 0. The quantitative estimate of drug-likeness (QED) is 0.792. The summed E-state index contributed by atoms with van der Waals surface area (Å²) in [4.78, 5) is 4.22. The SMILES string of the molecule is CCCNc1ccncc1S(=O)(=O)NC1CCCCCC1. The molecule has 0 unspecified atom stereocenters. The van der Waals surface area contributed by atoms with Gasteiger partial charge in [0.05, 0.1) is 5.69 Å². The molecule has 0 atom stereocenters. The largest absolute Gasteiger partial charge is 0.384 e. The molecule has 0 spiro atoms. The van der Waals surface area contributed by atoms with Crippen molar-refractivity contribution in [2.45, 2.75) is 62.8 Å². The van der Waals surface area contributed by atoms with Gasteiger partial charge in [0.1, 0.15) is 4.90 Å². The number of sulfonamides is 1. The van der Waals surface area contributed by atoms with Crippen LogP contribution in [-0.2, 0) is 10.0 Å². The number of hydrogen-bond acceptors (Lipinski definition) is 4. The Bertz CT molecular complexity index is 538. The molecule has 2 N–H and O–H groups in total. The fourth-order valence-corrected chi connectivity index (χ4v) is 4.11. The van der Waals surface area contributed by atoms with Gasteiger partial charge in [0.25, 0.3) is 0 Å². The zero-order valence-corrected chi connectivity index (χ0v) is 13.5. The average molecular weight is 311 g/mol. The molecule has 1 aliphatic carbocycles. The zero-order chi connectivity index (χ0) is 15.1. The van der Waals surface area contributed by atoms with Gasteiger partial charge in [-0.25, -0.2) is 13.1 Å². The van der Waals surface area contributed by atoms with Gasteiger partial charge < -0.3 is 5.32 Å². The third kappa shape index (κ3) is 4.68. The molecule has 1 saturated carbocycles. The molecule has 1 heterocycles. The monoisotopic (exact) mass is 311 g/mol. The Kier molecular flexibility index (Phi) is 5.99. The minimum absolute atomic E-state index is 0.0525. The lowest BCUT2D eigenvalue weighted by molar-refractivity contribution is 0.510. The maximum Gasteiger partial charge on any atom is 0.244 e. The highest BCUT2D eigenvalue weighted by molar-refractivity contribution is 7.89. The summed E-state index contributed by atoms with van der Waals surface area (Å²) < 4.78 is 28.1. The third-order valence-corrected chi connectivity index (χ3v) is 5.36. The van der Waals surface area contributed by atoms with Gasteiger partial charge in [-0.1, -0.05) is 32.6 Å². The van der Waals surface area contributed by atoms with Gasteiger partial charge in [0, 0.05) is 25.0 Å². The third-order valence-electron chi connectivity index (χ3n) is 3.82. The Hall–Kier alpha value is -1.14. The molecular weight excluding hydrogens is 286 g/mol. The van der Waals surface area contributed by atoms with Crippen LogP contribution >= 0.6 is 0 Å². The molecule has 5 nitrogen and oxygen atoms in total. The van der Waals surface area contributed by atoms with E-state index in [-0.39, 0.29) is 10.9 Å². The lowest BCUT2D eigenvalue weighted by atomic mass is 10.1. The molecule has 0 aliphatic heterocycles. The van der Waals surface area contributed by atoms with Gasteiger partial charge in [-0.05, 0) is 25.3 Å². The molecule has 0 bridgehead atoms. The molecule has 1 aromatic rings. The van der Waals surface area contributed by atoms with E-state index < -0.39 is 10.0 Å². The Morgan fingerprint density at radius 2 is 1.95 bits per heavy atom. The maximum absolute atomic E-state index is 12.6. The first-order chi connectivity index (χ1) is 10.1. The predicted octanol–water partition coefficient (Wildman–Crippen LogP) is 2.90. The zero-order valence-electron chi connectivity index (χ0n) is 12.6. The van der Waals surface area contributed by atoms with E-state index in [1.807, 2.05) is 6.92 Å². The van der Waals surface area contributed by atoms with E-state index in [2.05, 4.69) is 15.0 Å². The van der Waals surface area contributed by atoms with Gasteiger partial charge in [0.2, 0.25) is 10.0 Å². The van der Waals surface area contributed by atoms with Crippen molar-refractivity contribution in [2.24, 2.45) is 0 Å². The second-order valence-electron chi connectivity index (χ2n) is 5.61. The topological polar surface area (TPSA) is 71.1 Å². The number of nitrogens with zero attached hydrogens (tertiary/aromatic N) is 1. The van der Waals surface area contributed by atoms with E-state index in [4.69, 9.17) is 0 Å². The van der Waals surface area contributed by atoms with Crippen LogP contribution in [0.4, 0.5) is 5.69 Å². The van der Waals surface area contributed by atoms with E-state index in [0.717, 1.165) is 38.6 Å². The van der Waals surface area contributed by atoms with Crippen molar-refractivity contribution in [2.75, 3.05) is 11.9 Å². The van der Waals surface area contributed by atoms with Crippen LogP contribution in [0.5, 0.6) is 0 Å². The van der Waals surface area contributed by atoms with E-state index in [0.29, 0.717) is 5.69 Å². The van der Waals surface area contributed by atoms with Crippen LogP contribution in [0.25, 0.3) is 0 Å². The lowest BCUT2D eigenvalue weighted by Crippen LogP contribution is -2.34. The highest BCUT2D eigenvalue weighted by atomic mass is 32.2. The Balaban J connectivity index is 2.14. The van der Waals surface area contributed by atoms with Crippen molar-refractivity contribution in [3.05, 3.63) is 18.5 Å². The van der Waals surface area contributed by atoms with E-state index >= 15 is 0 Å². The van der Waals surface area contributed by atoms with Crippen molar-refractivity contribution in [1.82, 2.24) is 9.71 Å². The van der Waals surface area contributed by atoms with Gasteiger partial charge in [-0.2, -0.15) is 0 Å². The van der Waals surface area contributed by atoms with E-state index in [1.54, 1.807) is 12.3 Å². The number of nitrogens with one attached hydrogen (secondary N) is 2. The summed E-state index contributed by atoms with van der Waals surface area (Å²) in [5.41, 5.74) is 0.632. The highest BCUT2D eigenvalue weighted by Gasteiger charge is 2.23.